The number of sulfonamides is 2. The molecule has 182 valence electrons. The Kier molecular flexibility index (Phi) is 7.49. The molecule has 8 nitrogen and oxygen atoms in total. The lowest BCUT2D eigenvalue weighted by atomic mass is 10.0. The molecule has 0 saturated carbocycles. The lowest BCUT2D eigenvalue weighted by Crippen LogP contribution is -2.50. The Balaban J connectivity index is 2.15. The molecule has 2 aromatic rings. The van der Waals surface area contributed by atoms with Gasteiger partial charge in [0.1, 0.15) is 22.6 Å². The fourth-order valence-electron chi connectivity index (χ4n) is 3.68. The van der Waals surface area contributed by atoms with Crippen molar-refractivity contribution in [3.8, 4) is 16.9 Å². The van der Waals surface area contributed by atoms with Crippen LogP contribution in [0.4, 0.5) is 4.39 Å². The number of aliphatic hydroxyl groups excluding tert-OH is 1. The third-order valence-corrected chi connectivity index (χ3v) is 9.13. The van der Waals surface area contributed by atoms with Gasteiger partial charge in [-0.2, -0.15) is 4.31 Å². The van der Waals surface area contributed by atoms with Gasteiger partial charge in [-0.25, -0.2) is 25.5 Å². The average molecular weight is 501 g/mol. The molecule has 0 aromatic heterocycles. The van der Waals surface area contributed by atoms with Crippen molar-refractivity contribution in [3.05, 3.63) is 48.3 Å². The molecule has 0 fully saturated rings. The van der Waals surface area contributed by atoms with Crippen LogP contribution in [0.25, 0.3) is 11.1 Å². The molecule has 0 spiro atoms. The van der Waals surface area contributed by atoms with Gasteiger partial charge in [0.25, 0.3) is 0 Å². The number of ether oxygens (including phenoxy) is 1. The zero-order chi connectivity index (χ0) is 24.6. The van der Waals surface area contributed by atoms with Gasteiger partial charge in [0, 0.05) is 25.6 Å². The Hall–Kier alpha value is -2.05. The van der Waals surface area contributed by atoms with Crippen molar-refractivity contribution in [1.29, 1.82) is 0 Å². The smallest absolute Gasteiger partial charge is 0.247 e. The van der Waals surface area contributed by atoms with E-state index in [4.69, 9.17) is 4.74 Å². The van der Waals surface area contributed by atoms with Crippen LogP contribution >= 0.6 is 0 Å². The lowest BCUT2D eigenvalue weighted by Gasteiger charge is -2.37. The summed E-state index contributed by atoms with van der Waals surface area (Å²) in [5, 5.41) is 9.69. The normalized spacial score (nSPS) is 22.2. The van der Waals surface area contributed by atoms with E-state index in [0.29, 0.717) is 11.1 Å². The Bertz CT molecular complexity index is 1220. The number of rotatable bonds is 6. The molecule has 1 heterocycles. The summed E-state index contributed by atoms with van der Waals surface area (Å²) >= 11 is 0. The minimum atomic E-state index is -4.03. The maximum absolute atomic E-state index is 13.8. The molecule has 3 rings (SSSR count). The van der Waals surface area contributed by atoms with Crippen molar-refractivity contribution >= 4 is 20.0 Å². The molecule has 2 aromatic carbocycles. The zero-order valence-corrected chi connectivity index (χ0v) is 20.6. The maximum atomic E-state index is 13.8. The largest absolute Gasteiger partial charge is 0.487 e. The minimum absolute atomic E-state index is 0.00499. The van der Waals surface area contributed by atoms with E-state index in [-0.39, 0.29) is 30.3 Å². The molecule has 3 atom stereocenters. The van der Waals surface area contributed by atoms with Gasteiger partial charge in [0.15, 0.2) is 0 Å². The monoisotopic (exact) mass is 500 g/mol. The van der Waals surface area contributed by atoms with Crippen molar-refractivity contribution < 1.29 is 31.1 Å². The summed E-state index contributed by atoms with van der Waals surface area (Å²) in [6.45, 7) is 3.04. The summed E-state index contributed by atoms with van der Waals surface area (Å²) in [5.41, 5.74) is 1.09. The summed E-state index contributed by atoms with van der Waals surface area (Å²) < 4.78 is 73.2. The third-order valence-electron chi connectivity index (χ3n) is 5.83. The van der Waals surface area contributed by atoms with Crippen LogP contribution in [-0.4, -0.2) is 75.7 Å². The number of fused-ring (bicyclic) bond motifs is 1. The molecule has 1 aliphatic heterocycles. The van der Waals surface area contributed by atoms with E-state index >= 15 is 0 Å². The standard InChI is InChI=1S/C22H29FN2O6S2/c1-15-12-25(16(2)14-26)33(29,30)22-9-8-18(17-6-5-7-19(23)10-17)11-20(22)31-21(15)13-24(3)32(4,27)28/h5-11,15-16,21,26H,12-14H2,1-4H3/t15-,16+,21+/m0/s1. The first-order chi connectivity index (χ1) is 15.3. The first-order valence-electron chi connectivity index (χ1n) is 10.4. The second kappa shape index (κ2) is 9.67. The Morgan fingerprint density at radius 2 is 1.91 bits per heavy atom. The van der Waals surface area contributed by atoms with E-state index in [1.807, 2.05) is 0 Å². The number of hydrogen-bond acceptors (Lipinski definition) is 6. The highest BCUT2D eigenvalue weighted by atomic mass is 32.2. The topological polar surface area (TPSA) is 104 Å². The third kappa shape index (κ3) is 5.55. The Morgan fingerprint density at radius 1 is 1.24 bits per heavy atom. The van der Waals surface area contributed by atoms with Crippen molar-refractivity contribution in [2.75, 3.05) is 33.0 Å². The van der Waals surface area contributed by atoms with Crippen molar-refractivity contribution in [2.45, 2.75) is 30.9 Å². The predicted molar refractivity (Wildman–Crippen MR) is 123 cm³/mol. The highest BCUT2D eigenvalue weighted by molar-refractivity contribution is 7.89. The quantitative estimate of drug-likeness (QED) is 0.652. The molecule has 1 aliphatic rings. The van der Waals surface area contributed by atoms with Gasteiger partial charge >= 0.3 is 0 Å². The molecule has 0 radical (unpaired) electrons. The fourth-order valence-corrected chi connectivity index (χ4v) is 5.92. The zero-order valence-electron chi connectivity index (χ0n) is 19.0. The molecule has 33 heavy (non-hydrogen) atoms. The number of halogens is 1. The second-order valence-corrected chi connectivity index (χ2v) is 12.4. The highest BCUT2D eigenvalue weighted by Gasteiger charge is 2.38. The molecule has 0 amide bonds. The maximum Gasteiger partial charge on any atom is 0.247 e. The van der Waals surface area contributed by atoms with E-state index in [9.17, 15) is 26.3 Å². The number of likely N-dealkylation sites (N-methyl/N-ethyl adjacent to an activating group) is 1. The SMILES string of the molecule is C[C@H](CO)N1C[C@H](C)[C@@H](CN(C)S(C)(=O)=O)Oc2cc(-c3cccc(F)c3)ccc2S1(=O)=O. The van der Waals surface area contributed by atoms with Gasteiger partial charge in [-0.1, -0.05) is 25.1 Å². The second-order valence-electron chi connectivity index (χ2n) is 8.46. The van der Waals surface area contributed by atoms with Crippen LogP contribution in [0.2, 0.25) is 0 Å². The van der Waals surface area contributed by atoms with Gasteiger partial charge in [-0.3, -0.25) is 0 Å². The predicted octanol–water partition coefficient (Wildman–Crippen LogP) is 2.15. The molecule has 0 saturated heterocycles. The Labute approximate surface area is 194 Å². The van der Waals surface area contributed by atoms with Crippen LogP contribution in [0, 0.1) is 11.7 Å². The van der Waals surface area contributed by atoms with Gasteiger partial charge in [-0.05, 0) is 42.3 Å². The molecule has 0 unspecified atom stereocenters. The lowest BCUT2D eigenvalue weighted by molar-refractivity contribution is 0.0906. The first kappa shape index (κ1) is 25.6. The van der Waals surface area contributed by atoms with E-state index < -0.39 is 43.9 Å². The van der Waals surface area contributed by atoms with E-state index in [2.05, 4.69) is 0 Å². The van der Waals surface area contributed by atoms with Crippen LogP contribution in [0.3, 0.4) is 0 Å². The summed E-state index contributed by atoms with van der Waals surface area (Å²) in [6, 6.07) is 9.68. The number of hydrogen-bond donors (Lipinski definition) is 1. The van der Waals surface area contributed by atoms with Crippen LogP contribution < -0.4 is 4.74 Å². The summed E-state index contributed by atoms with van der Waals surface area (Å²) in [7, 11) is -6.10. The molecular formula is C22H29FN2O6S2. The fraction of sp³-hybridized carbons (Fsp3) is 0.455. The molecule has 11 heteroatoms. The van der Waals surface area contributed by atoms with Crippen LogP contribution in [0.5, 0.6) is 5.75 Å². The summed E-state index contributed by atoms with van der Waals surface area (Å²) in [5.74, 6) is -0.786. The first-order valence-corrected chi connectivity index (χ1v) is 13.7. The molecule has 1 N–H and O–H groups in total. The van der Waals surface area contributed by atoms with Crippen molar-refractivity contribution in [2.24, 2.45) is 5.92 Å². The van der Waals surface area contributed by atoms with E-state index in [1.54, 1.807) is 32.0 Å². The van der Waals surface area contributed by atoms with Crippen LogP contribution in [0.15, 0.2) is 47.4 Å². The van der Waals surface area contributed by atoms with Gasteiger partial charge < -0.3 is 9.84 Å². The number of nitrogens with zero attached hydrogens (tertiary/aromatic N) is 2. The van der Waals surface area contributed by atoms with Crippen LogP contribution in [0.1, 0.15) is 13.8 Å². The minimum Gasteiger partial charge on any atom is -0.487 e. The van der Waals surface area contributed by atoms with Gasteiger partial charge in [-0.15, -0.1) is 0 Å². The Morgan fingerprint density at radius 3 is 2.52 bits per heavy atom. The van der Waals surface area contributed by atoms with Gasteiger partial charge in [0.05, 0.1) is 19.4 Å². The van der Waals surface area contributed by atoms with E-state index in [1.165, 1.54) is 35.6 Å². The van der Waals surface area contributed by atoms with Crippen molar-refractivity contribution in [3.63, 3.8) is 0 Å². The summed E-state index contributed by atoms with van der Waals surface area (Å²) in [6.07, 6.45) is 0.413. The number of benzene rings is 2. The molecule has 0 aliphatic carbocycles. The average Bonchev–Trinajstić information content (AvgIpc) is 2.74. The van der Waals surface area contributed by atoms with Crippen LogP contribution in [-0.2, 0) is 20.0 Å². The number of aliphatic hydroxyl groups is 1. The molecule has 0 bridgehead atoms. The molecular weight excluding hydrogens is 471 g/mol. The summed E-state index contributed by atoms with van der Waals surface area (Å²) in [4.78, 5) is -0.0955. The van der Waals surface area contributed by atoms with Gasteiger partial charge in [0.2, 0.25) is 20.0 Å². The van der Waals surface area contributed by atoms with Crippen molar-refractivity contribution in [1.82, 2.24) is 8.61 Å². The van der Waals surface area contributed by atoms with E-state index in [0.717, 1.165) is 10.6 Å². The highest BCUT2D eigenvalue weighted by Crippen LogP contribution is 2.36.